The van der Waals surface area contributed by atoms with E-state index in [0.29, 0.717) is 23.0 Å². The Morgan fingerprint density at radius 1 is 1.21 bits per heavy atom. The van der Waals surface area contributed by atoms with Gasteiger partial charge in [-0.3, -0.25) is 9.69 Å². The summed E-state index contributed by atoms with van der Waals surface area (Å²) in [6.45, 7) is 5.36. The average molecular weight is 407 g/mol. The zero-order chi connectivity index (χ0) is 20.0. The minimum atomic E-state index is -0.175. The molecule has 0 N–H and O–H groups in total. The molecule has 0 bridgehead atoms. The number of fused-ring (bicyclic) bond motifs is 2. The Hall–Kier alpha value is -2.70. The molecule has 0 spiro atoms. The Morgan fingerprint density at radius 3 is 2.79 bits per heavy atom. The number of amides is 1. The van der Waals surface area contributed by atoms with Crippen molar-refractivity contribution in [3.8, 4) is 0 Å². The van der Waals surface area contributed by atoms with E-state index in [1.807, 2.05) is 30.3 Å². The summed E-state index contributed by atoms with van der Waals surface area (Å²) in [6.07, 6.45) is 2.00. The van der Waals surface area contributed by atoms with Gasteiger partial charge < -0.3 is 9.15 Å². The van der Waals surface area contributed by atoms with Crippen molar-refractivity contribution in [3.05, 3.63) is 59.4 Å². The summed E-state index contributed by atoms with van der Waals surface area (Å²) in [5, 5.41) is 1.61. The van der Waals surface area contributed by atoms with Crippen molar-refractivity contribution in [2.75, 3.05) is 18.1 Å². The van der Waals surface area contributed by atoms with Gasteiger partial charge in [-0.25, -0.2) is 4.98 Å². The van der Waals surface area contributed by atoms with E-state index in [1.165, 1.54) is 5.56 Å². The first-order valence-corrected chi connectivity index (χ1v) is 10.7. The highest BCUT2D eigenvalue weighted by Gasteiger charge is 2.29. The van der Waals surface area contributed by atoms with Gasteiger partial charge in [0, 0.05) is 12.0 Å². The number of para-hydroxylation sites is 1. The molecule has 29 heavy (non-hydrogen) atoms. The van der Waals surface area contributed by atoms with Crippen LogP contribution in [0.4, 0.5) is 5.13 Å². The number of carbonyl (C=O) groups is 1. The van der Waals surface area contributed by atoms with E-state index in [9.17, 15) is 4.79 Å². The van der Waals surface area contributed by atoms with Crippen molar-refractivity contribution < 1.29 is 13.9 Å². The summed E-state index contributed by atoms with van der Waals surface area (Å²) in [6, 6.07) is 13.7. The molecule has 1 fully saturated rings. The molecular weight excluding hydrogens is 384 g/mol. The predicted molar refractivity (Wildman–Crippen MR) is 116 cm³/mol. The van der Waals surface area contributed by atoms with Gasteiger partial charge in [-0.05, 0) is 49.9 Å². The maximum atomic E-state index is 13.5. The third-order valence-corrected chi connectivity index (χ3v) is 6.67. The summed E-state index contributed by atoms with van der Waals surface area (Å²) in [5.41, 5.74) is 3.95. The molecule has 1 aliphatic heterocycles. The number of rotatable bonds is 4. The number of benzene rings is 2. The Morgan fingerprint density at radius 2 is 2.03 bits per heavy atom. The van der Waals surface area contributed by atoms with Crippen LogP contribution < -0.4 is 4.90 Å². The number of aromatic nitrogens is 1. The van der Waals surface area contributed by atoms with E-state index >= 15 is 0 Å². The minimum absolute atomic E-state index is 0.0255. The molecule has 0 aliphatic carbocycles. The van der Waals surface area contributed by atoms with Crippen LogP contribution in [0.5, 0.6) is 0 Å². The van der Waals surface area contributed by atoms with Crippen LogP contribution in [0.2, 0.25) is 0 Å². The molecule has 148 valence electrons. The molecule has 0 radical (unpaired) electrons. The lowest BCUT2D eigenvalue weighted by Gasteiger charge is -2.22. The Labute approximate surface area is 172 Å². The van der Waals surface area contributed by atoms with E-state index in [1.54, 1.807) is 16.2 Å². The van der Waals surface area contributed by atoms with E-state index < -0.39 is 0 Å². The third kappa shape index (κ3) is 3.32. The van der Waals surface area contributed by atoms with E-state index in [4.69, 9.17) is 14.1 Å². The smallest absolute Gasteiger partial charge is 0.295 e. The third-order valence-electron chi connectivity index (χ3n) is 5.45. The van der Waals surface area contributed by atoms with Gasteiger partial charge >= 0.3 is 0 Å². The number of aryl methyl sites for hydroxylation is 2. The van der Waals surface area contributed by atoms with E-state index in [2.05, 4.69) is 26.0 Å². The molecule has 3 heterocycles. The zero-order valence-corrected chi connectivity index (χ0v) is 17.3. The highest BCUT2D eigenvalue weighted by molar-refractivity contribution is 7.22. The van der Waals surface area contributed by atoms with Crippen LogP contribution in [0.25, 0.3) is 21.2 Å². The van der Waals surface area contributed by atoms with Crippen molar-refractivity contribution in [2.24, 2.45) is 0 Å². The summed E-state index contributed by atoms with van der Waals surface area (Å²) >= 11 is 1.56. The molecule has 1 atom stereocenters. The van der Waals surface area contributed by atoms with Crippen molar-refractivity contribution in [3.63, 3.8) is 0 Å². The minimum Gasteiger partial charge on any atom is -0.451 e. The molecule has 0 saturated carbocycles. The first-order valence-electron chi connectivity index (χ1n) is 9.89. The van der Waals surface area contributed by atoms with Gasteiger partial charge in [0.05, 0.1) is 22.9 Å². The number of hydrogen-bond donors (Lipinski definition) is 0. The SMILES string of the molecule is Cc1ccc(C)c2sc(N(C[C@H]3CCCO3)C(=O)c3cc4ccccc4o3)nc12. The lowest BCUT2D eigenvalue weighted by atomic mass is 10.1. The number of thiazole rings is 1. The van der Waals surface area contributed by atoms with Gasteiger partial charge in [0.25, 0.3) is 5.91 Å². The maximum Gasteiger partial charge on any atom is 0.295 e. The van der Waals surface area contributed by atoms with Crippen LogP contribution in [0.3, 0.4) is 0 Å². The van der Waals surface area contributed by atoms with Crippen molar-refractivity contribution in [2.45, 2.75) is 32.8 Å². The Kier molecular flexibility index (Phi) is 4.60. The number of hydrogen-bond acceptors (Lipinski definition) is 5. The molecule has 0 unspecified atom stereocenters. The fourth-order valence-electron chi connectivity index (χ4n) is 3.82. The number of anilines is 1. The van der Waals surface area contributed by atoms with Crippen LogP contribution >= 0.6 is 11.3 Å². The van der Waals surface area contributed by atoms with Crippen LogP contribution in [-0.4, -0.2) is 30.1 Å². The largest absolute Gasteiger partial charge is 0.451 e. The number of furan rings is 1. The zero-order valence-electron chi connectivity index (χ0n) is 16.5. The van der Waals surface area contributed by atoms with Gasteiger partial charge in [-0.1, -0.05) is 41.7 Å². The van der Waals surface area contributed by atoms with Crippen LogP contribution in [0.15, 0.2) is 46.9 Å². The normalized spacial score (nSPS) is 16.7. The maximum absolute atomic E-state index is 13.5. The van der Waals surface area contributed by atoms with Gasteiger partial charge in [0.2, 0.25) is 0 Å². The molecule has 2 aromatic heterocycles. The highest BCUT2D eigenvalue weighted by atomic mass is 32.1. The first kappa shape index (κ1) is 18.3. The number of ether oxygens (including phenoxy) is 1. The fraction of sp³-hybridized carbons (Fsp3) is 0.304. The van der Waals surface area contributed by atoms with Gasteiger partial charge in [-0.15, -0.1) is 0 Å². The van der Waals surface area contributed by atoms with Gasteiger partial charge in [0.15, 0.2) is 10.9 Å². The predicted octanol–water partition coefficient (Wildman–Crippen LogP) is 5.49. The molecule has 1 aliphatic rings. The second kappa shape index (κ2) is 7.28. The Balaban J connectivity index is 1.58. The van der Waals surface area contributed by atoms with Crippen LogP contribution in [-0.2, 0) is 4.74 Å². The molecule has 2 aromatic carbocycles. The average Bonchev–Trinajstić information content (AvgIpc) is 3.47. The summed E-state index contributed by atoms with van der Waals surface area (Å²) in [4.78, 5) is 20.1. The fourth-order valence-corrected chi connectivity index (χ4v) is 4.94. The molecule has 6 heteroatoms. The van der Waals surface area contributed by atoms with E-state index in [0.717, 1.165) is 40.6 Å². The summed E-state index contributed by atoms with van der Waals surface area (Å²) in [5.74, 6) is 0.156. The van der Waals surface area contributed by atoms with Gasteiger partial charge in [0.1, 0.15) is 5.58 Å². The monoisotopic (exact) mass is 406 g/mol. The van der Waals surface area contributed by atoms with E-state index in [-0.39, 0.29) is 12.0 Å². The second-order valence-corrected chi connectivity index (χ2v) is 8.55. The van der Waals surface area contributed by atoms with Crippen LogP contribution in [0.1, 0.15) is 34.5 Å². The molecular formula is C23H22N2O3S. The Bertz CT molecular complexity index is 1130. The van der Waals surface area contributed by atoms with Crippen molar-refractivity contribution in [1.29, 1.82) is 0 Å². The van der Waals surface area contributed by atoms with Crippen LogP contribution in [0, 0.1) is 13.8 Å². The van der Waals surface area contributed by atoms with Crippen molar-refractivity contribution in [1.82, 2.24) is 4.98 Å². The molecule has 5 rings (SSSR count). The first-order chi connectivity index (χ1) is 14.1. The topological polar surface area (TPSA) is 55.6 Å². The molecule has 1 amide bonds. The number of carbonyl (C=O) groups excluding carboxylic acids is 1. The standard InChI is InChI=1S/C23H22N2O3S/c1-14-9-10-15(2)21-20(14)24-23(29-21)25(13-17-7-5-11-27-17)22(26)19-12-16-6-3-4-8-18(16)28-19/h3-4,6,8-10,12,17H,5,7,11,13H2,1-2H3/t17-/m1/s1. The summed E-state index contributed by atoms with van der Waals surface area (Å²) in [7, 11) is 0. The second-order valence-electron chi connectivity index (χ2n) is 7.57. The molecule has 5 nitrogen and oxygen atoms in total. The van der Waals surface area contributed by atoms with Crippen molar-refractivity contribution >= 4 is 43.6 Å². The lowest BCUT2D eigenvalue weighted by molar-refractivity contribution is 0.0896. The molecule has 4 aromatic rings. The number of nitrogens with zero attached hydrogens (tertiary/aromatic N) is 2. The summed E-state index contributed by atoms with van der Waals surface area (Å²) < 4.78 is 12.8. The van der Waals surface area contributed by atoms with Gasteiger partial charge in [-0.2, -0.15) is 0 Å². The molecule has 1 saturated heterocycles. The quantitative estimate of drug-likeness (QED) is 0.450. The highest BCUT2D eigenvalue weighted by Crippen LogP contribution is 2.35. The lowest BCUT2D eigenvalue weighted by Crippen LogP contribution is -2.37.